The normalized spacial score (nSPS) is 15.6. The van der Waals surface area contributed by atoms with Gasteiger partial charge in [-0.25, -0.2) is 0 Å². The number of hydrogen-bond acceptors (Lipinski definition) is 4. The number of ether oxygens (including phenoxy) is 1. The van der Waals surface area contributed by atoms with Gasteiger partial charge in [0.05, 0.1) is 13.7 Å². The molecule has 2 aromatic carbocycles. The lowest BCUT2D eigenvalue weighted by atomic mass is 10.1. The fourth-order valence-corrected chi connectivity index (χ4v) is 2.99. The van der Waals surface area contributed by atoms with Crippen LogP contribution in [0.15, 0.2) is 36.4 Å². The van der Waals surface area contributed by atoms with Crippen LogP contribution in [0.4, 0.5) is 5.69 Å². The number of halogens is 1. The Morgan fingerprint density at radius 2 is 1.86 bits per heavy atom. The molecule has 3 rings (SSSR count). The van der Waals surface area contributed by atoms with Crippen molar-refractivity contribution in [1.29, 1.82) is 0 Å². The van der Waals surface area contributed by atoms with Crippen molar-refractivity contribution in [3.63, 3.8) is 0 Å². The smallest absolute Gasteiger partial charge is 0.119 e. The summed E-state index contributed by atoms with van der Waals surface area (Å²) >= 11 is 0. The van der Waals surface area contributed by atoms with Crippen LogP contribution in [0, 0.1) is 0 Å². The molecule has 5 heteroatoms. The van der Waals surface area contributed by atoms with E-state index in [-0.39, 0.29) is 19.0 Å². The highest BCUT2D eigenvalue weighted by atomic mass is 35.5. The van der Waals surface area contributed by atoms with Crippen LogP contribution < -0.4 is 9.64 Å². The molecule has 0 aliphatic carbocycles. The van der Waals surface area contributed by atoms with Gasteiger partial charge in [-0.2, -0.15) is 0 Å². The van der Waals surface area contributed by atoms with Gasteiger partial charge < -0.3 is 14.7 Å². The van der Waals surface area contributed by atoms with Gasteiger partial charge in [0.15, 0.2) is 0 Å². The first-order valence-electron chi connectivity index (χ1n) is 7.47. The van der Waals surface area contributed by atoms with Gasteiger partial charge in [-0.3, -0.25) is 4.90 Å². The zero-order valence-corrected chi connectivity index (χ0v) is 13.7. The average molecular weight is 323 g/mol. The van der Waals surface area contributed by atoms with E-state index in [2.05, 4.69) is 40.1 Å². The molecule has 22 heavy (non-hydrogen) atoms. The van der Waals surface area contributed by atoms with Gasteiger partial charge in [0, 0.05) is 43.8 Å². The number of anilines is 1. The second-order valence-corrected chi connectivity index (χ2v) is 5.42. The third-order valence-corrected chi connectivity index (χ3v) is 4.20. The zero-order valence-electron chi connectivity index (χ0n) is 12.9. The molecule has 0 saturated carbocycles. The molecule has 1 heterocycles. The predicted octanol–water partition coefficient (Wildman–Crippen LogP) is 2.38. The van der Waals surface area contributed by atoms with Gasteiger partial charge in [-0.05, 0) is 23.6 Å². The number of rotatable bonds is 4. The molecule has 1 saturated heterocycles. The summed E-state index contributed by atoms with van der Waals surface area (Å²) in [4.78, 5) is 4.73. The molecule has 1 N–H and O–H groups in total. The van der Waals surface area contributed by atoms with Crippen molar-refractivity contribution in [2.75, 3.05) is 51.3 Å². The van der Waals surface area contributed by atoms with E-state index in [0.717, 1.165) is 38.5 Å². The van der Waals surface area contributed by atoms with Crippen molar-refractivity contribution in [2.45, 2.75) is 0 Å². The lowest BCUT2D eigenvalue weighted by molar-refractivity contribution is 0.189. The largest absolute Gasteiger partial charge is 0.497 e. The molecule has 0 radical (unpaired) electrons. The van der Waals surface area contributed by atoms with Crippen molar-refractivity contribution < 1.29 is 9.84 Å². The first-order valence-corrected chi connectivity index (χ1v) is 7.47. The standard InChI is InChI=1S/C17H22N2O2.ClH/c1-21-15-6-5-14-3-2-4-17(16(14)13-15)19-9-7-18(8-10-19)11-12-20;/h2-6,13,20H,7-12H2,1H3;1H. The van der Waals surface area contributed by atoms with Crippen LogP contribution in [0.25, 0.3) is 10.8 Å². The molecule has 0 aromatic heterocycles. The Kier molecular flexibility index (Phi) is 5.89. The van der Waals surface area contributed by atoms with Gasteiger partial charge in [0.1, 0.15) is 5.75 Å². The minimum atomic E-state index is 0. The van der Waals surface area contributed by atoms with E-state index in [9.17, 15) is 0 Å². The maximum atomic E-state index is 9.03. The molecule has 0 unspecified atom stereocenters. The Balaban J connectivity index is 0.00000176. The summed E-state index contributed by atoms with van der Waals surface area (Å²) < 4.78 is 5.36. The Hall–Kier alpha value is -1.49. The maximum absolute atomic E-state index is 9.03. The van der Waals surface area contributed by atoms with Crippen LogP contribution in [-0.2, 0) is 0 Å². The highest BCUT2D eigenvalue weighted by molar-refractivity contribution is 5.95. The fraction of sp³-hybridized carbons (Fsp3) is 0.412. The van der Waals surface area contributed by atoms with E-state index in [1.807, 2.05) is 6.07 Å². The summed E-state index contributed by atoms with van der Waals surface area (Å²) in [6, 6.07) is 12.7. The summed E-state index contributed by atoms with van der Waals surface area (Å²) in [5.74, 6) is 0.897. The molecule has 4 nitrogen and oxygen atoms in total. The molecular formula is C17H23ClN2O2. The van der Waals surface area contributed by atoms with E-state index < -0.39 is 0 Å². The second kappa shape index (κ2) is 7.68. The van der Waals surface area contributed by atoms with Gasteiger partial charge in [0.25, 0.3) is 0 Å². The second-order valence-electron chi connectivity index (χ2n) is 5.42. The number of methoxy groups -OCH3 is 1. The highest BCUT2D eigenvalue weighted by Crippen LogP contribution is 2.30. The summed E-state index contributed by atoms with van der Waals surface area (Å²) in [5, 5.41) is 11.5. The maximum Gasteiger partial charge on any atom is 0.119 e. The van der Waals surface area contributed by atoms with Gasteiger partial charge >= 0.3 is 0 Å². The lowest BCUT2D eigenvalue weighted by Crippen LogP contribution is -2.47. The van der Waals surface area contributed by atoms with E-state index >= 15 is 0 Å². The topological polar surface area (TPSA) is 35.9 Å². The first kappa shape index (κ1) is 16.9. The summed E-state index contributed by atoms with van der Waals surface area (Å²) in [7, 11) is 1.71. The number of fused-ring (bicyclic) bond motifs is 1. The number of benzene rings is 2. The Labute approximate surface area is 137 Å². The molecule has 1 aliphatic heterocycles. The van der Waals surface area contributed by atoms with Crippen molar-refractivity contribution in [1.82, 2.24) is 4.90 Å². The molecule has 1 fully saturated rings. The Morgan fingerprint density at radius 1 is 1.09 bits per heavy atom. The molecule has 0 amide bonds. The number of nitrogens with zero attached hydrogens (tertiary/aromatic N) is 2. The zero-order chi connectivity index (χ0) is 14.7. The summed E-state index contributed by atoms with van der Waals surface area (Å²) in [6.45, 7) is 5.01. The molecule has 120 valence electrons. The predicted molar refractivity (Wildman–Crippen MR) is 93.5 cm³/mol. The van der Waals surface area contributed by atoms with E-state index in [0.29, 0.717) is 0 Å². The Morgan fingerprint density at radius 3 is 2.55 bits per heavy atom. The van der Waals surface area contributed by atoms with Gasteiger partial charge in [0.2, 0.25) is 0 Å². The van der Waals surface area contributed by atoms with Crippen molar-refractivity contribution in [3.8, 4) is 5.75 Å². The van der Waals surface area contributed by atoms with Crippen molar-refractivity contribution >= 4 is 28.9 Å². The SMILES string of the molecule is COc1ccc2cccc(N3CCN(CCO)CC3)c2c1.Cl. The molecule has 1 aliphatic rings. The molecule has 0 atom stereocenters. The minimum absolute atomic E-state index is 0. The Bertz CT molecular complexity index is 613. The van der Waals surface area contributed by atoms with E-state index in [1.165, 1.54) is 16.5 Å². The quantitative estimate of drug-likeness (QED) is 0.937. The monoisotopic (exact) mass is 322 g/mol. The molecule has 0 spiro atoms. The first-order chi connectivity index (χ1) is 10.3. The number of piperazine rings is 1. The van der Waals surface area contributed by atoms with Crippen LogP contribution in [0.3, 0.4) is 0 Å². The number of aliphatic hydroxyl groups excluding tert-OH is 1. The molecule has 0 bridgehead atoms. The van der Waals surface area contributed by atoms with Crippen LogP contribution in [0.1, 0.15) is 0 Å². The number of β-amino-alcohol motifs (C(OH)–C–C–N with tert-alkyl or cyclic N) is 1. The summed E-state index contributed by atoms with van der Waals surface area (Å²) in [5.41, 5.74) is 1.27. The number of hydrogen-bond donors (Lipinski definition) is 1. The fourth-order valence-electron chi connectivity index (χ4n) is 2.99. The lowest BCUT2D eigenvalue weighted by Gasteiger charge is -2.36. The van der Waals surface area contributed by atoms with Gasteiger partial charge in [-0.15, -0.1) is 12.4 Å². The van der Waals surface area contributed by atoms with Crippen LogP contribution >= 0.6 is 12.4 Å². The van der Waals surface area contributed by atoms with Gasteiger partial charge in [-0.1, -0.05) is 18.2 Å². The molecular weight excluding hydrogens is 300 g/mol. The number of aliphatic hydroxyl groups is 1. The van der Waals surface area contributed by atoms with E-state index in [4.69, 9.17) is 9.84 Å². The average Bonchev–Trinajstić information content (AvgIpc) is 2.55. The minimum Gasteiger partial charge on any atom is -0.497 e. The van der Waals surface area contributed by atoms with Crippen LogP contribution in [0.5, 0.6) is 5.75 Å². The van der Waals surface area contributed by atoms with E-state index in [1.54, 1.807) is 7.11 Å². The highest BCUT2D eigenvalue weighted by Gasteiger charge is 2.18. The van der Waals surface area contributed by atoms with Crippen LogP contribution in [-0.4, -0.2) is 56.4 Å². The van der Waals surface area contributed by atoms with Crippen molar-refractivity contribution in [3.05, 3.63) is 36.4 Å². The third-order valence-electron chi connectivity index (χ3n) is 4.20. The third kappa shape index (κ3) is 3.46. The van der Waals surface area contributed by atoms with Crippen LogP contribution in [0.2, 0.25) is 0 Å². The van der Waals surface area contributed by atoms with Crippen molar-refractivity contribution in [2.24, 2.45) is 0 Å². The summed E-state index contributed by atoms with van der Waals surface area (Å²) in [6.07, 6.45) is 0. The molecule has 2 aromatic rings.